The maximum Gasteiger partial charge on any atom is 0.347 e. The number of sulfonamides is 1. The van der Waals surface area contributed by atoms with Gasteiger partial charge in [0.15, 0.2) is 6.23 Å². The van der Waals surface area contributed by atoms with E-state index in [2.05, 4.69) is 4.72 Å². The Kier molecular flexibility index (Phi) is 10.1. The Labute approximate surface area is 253 Å². The Morgan fingerprint density at radius 3 is 1.86 bits per heavy atom. The van der Waals surface area contributed by atoms with Crippen molar-refractivity contribution in [3.63, 3.8) is 0 Å². The number of hydrogen-bond donors (Lipinski definition) is 2. The highest BCUT2D eigenvalue weighted by atomic mass is 32.2. The highest BCUT2D eigenvalue weighted by molar-refractivity contribution is 7.89. The van der Waals surface area contributed by atoms with Crippen LogP contribution in [0.5, 0.6) is 23.0 Å². The Bertz CT molecular complexity index is 1690. The van der Waals surface area contributed by atoms with Gasteiger partial charge in [-0.1, -0.05) is 19.1 Å². The molecule has 0 bridgehead atoms. The highest BCUT2D eigenvalue weighted by Gasteiger charge is 2.30. The van der Waals surface area contributed by atoms with Crippen LogP contribution in [0.25, 0.3) is 0 Å². The summed E-state index contributed by atoms with van der Waals surface area (Å²) in [6.45, 7) is 13.7. The molecule has 0 aromatic heterocycles. The molecule has 0 aliphatic heterocycles. The number of benzene rings is 3. The van der Waals surface area contributed by atoms with Gasteiger partial charge in [-0.05, 0) is 94.8 Å². The van der Waals surface area contributed by atoms with Crippen molar-refractivity contribution in [1.29, 1.82) is 0 Å². The smallest absolute Gasteiger partial charge is 0.347 e. The lowest BCUT2D eigenvalue weighted by molar-refractivity contribution is 0.0692. The topological polar surface area (TPSA) is 137 Å². The number of hydrogen-bond acceptors (Lipinski definition) is 8. The zero-order valence-electron chi connectivity index (χ0n) is 26.2. The van der Waals surface area contributed by atoms with Crippen LogP contribution >= 0.6 is 0 Å². The molecule has 0 fully saturated rings. The third kappa shape index (κ3) is 6.47. The summed E-state index contributed by atoms with van der Waals surface area (Å²) >= 11 is 0. The average molecular weight is 614 g/mol. The molecule has 0 radical (unpaired) electrons. The second kappa shape index (κ2) is 13.0. The third-order valence-electron chi connectivity index (χ3n) is 7.61. The maximum absolute atomic E-state index is 13.7. The Morgan fingerprint density at radius 2 is 1.33 bits per heavy atom. The summed E-state index contributed by atoms with van der Waals surface area (Å²) in [7, 11) is -1.10. The number of carboxylic acid groups (broad SMARTS) is 1. The summed E-state index contributed by atoms with van der Waals surface area (Å²) in [4.78, 5) is 25.8. The fourth-order valence-electron chi connectivity index (χ4n) is 5.04. The molecule has 0 amide bonds. The second-order valence-corrected chi connectivity index (χ2v) is 12.1. The molecule has 0 spiro atoms. The zero-order chi connectivity index (χ0) is 32.4. The van der Waals surface area contributed by atoms with Crippen LogP contribution in [0.2, 0.25) is 0 Å². The summed E-state index contributed by atoms with van der Waals surface area (Å²) < 4.78 is 51.9. The standard InChI is InChI=1S/C32H39NO9S/c1-11-24(33-43(37,38)23-14-12-13-16(2)15-23)41-27-20(6)18(4)26(30(40-10)21(27)7)32(36)42-28-19(5)17(3)25(31(34)35)29(39-9)22(28)8/h12-15,24,33H,11H2,1-10H3,(H,34,35). The molecule has 3 aromatic rings. The number of rotatable bonds is 11. The first-order valence-electron chi connectivity index (χ1n) is 13.7. The fraction of sp³-hybridized carbons (Fsp3) is 0.375. The number of carbonyl (C=O) groups excluding carboxylic acids is 1. The van der Waals surface area contributed by atoms with Crippen molar-refractivity contribution >= 4 is 22.0 Å². The quantitative estimate of drug-likeness (QED) is 0.154. The summed E-state index contributed by atoms with van der Waals surface area (Å²) in [5.74, 6) is -0.977. The van der Waals surface area contributed by atoms with E-state index in [9.17, 15) is 23.1 Å². The molecule has 3 aromatic carbocycles. The van der Waals surface area contributed by atoms with Gasteiger partial charge in [-0.2, -0.15) is 4.72 Å². The van der Waals surface area contributed by atoms with Crippen molar-refractivity contribution in [2.45, 2.75) is 72.9 Å². The van der Waals surface area contributed by atoms with Gasteiger partial charge >= 0.3 is 11.9 Å². The van der Waals surface area contributed by atoms with E-state index in [1.54, 1.807) is 60.6 Å². The molecule has 0 saturated heterocycles. The molecule has 1 unspecified atom stereocenters. The fourth-order valence-corrected chi connectivity index (χ4v) is 6.34. The molecule has 1 atom stereocenters. The SMILES string of the molecule is CCC(NS(=O)(=O)c1cccc(C)c1)Oc1c(C)c(C)c(C(=O)Oc2c(C)c(C)c(C(=O)O)c(OC)c2C)c(OC)c1C. The molecular weight excluding hydrogens is 574 g/mol. The molecule has 10 nitrogen and oxygen atoms in total. The lowest BCUT2D eigenvalue weighted by atomic mass is 9.95. The van der Waals surface area contributed by atoms with Gasteiger partial charge in [0.2, 0.25) is 10.0 Å². The van der Waals surface area contributed by atoms with Crippen molar-refractivity contribution in [3.8, 4) is 23.0 Å². The van der Waals surface area contributed by atoms with Gasteiger partial charge in [-0.3, -0.25) is 0 Å². The molecule has 43 heavy (non-hydrogen) atoms. The minimum atomic E-state index is -3.88. The van der Waals surface area contributed by atoms with Crippen LogP contribution < -0.4 is 23.7 Å². The van der Waals surface area contributed by atoms with Crippen molar-refractivity contribution in [2.75, 3.05) is 14.2 Å². The Balaban J connectivity index is 2.04. The first-order valence-corrected chi connectivity index (χ1v) is 15.2. The molecule has 2 N–H and O–H groups in total. The van der Waals surface area contributed by atoms with Gasteiger partial charge < -0.3 is 24.1 Å². The minimum Gasteiger partial charge on any atom is -0.495 e. The van der Waals surface area contributed by atoms with E-state index >= 15 is 0 Å². The summed E-state index contributed by atoms with van der Waals surface area (Å²) in [6, 6.07) is 6.58. The normalized spacial score (nSPS) is 12.0. The predicted molar refractivity (Wildman–Crippen MR) is 163 cm³/mol. The van der Waals surface area contributed by atoms with Crippen LogP contribution in [0.4, 0.5) is 0 Å². The Hall–Kier alpha value is -4.09. The van der Waals surface area contributed by atoms with E-state index in [0.29, 0.717) is 45.6 Å². The van der Waals surface area contributed by atoms with Crippen LogP contribution in [0.15, 0.2) is 29.2 Å². The first-order chi connectivity index (χ1) is 20.1. The number of esters is 1. The van der Waals surface area contributed by atoms with Crippen molar-refractivity contribution in [2.24, 2.45) is 0 Å². The molecule has 3 rings (SSSR count). The van der Waals surface area contributed by atoms with Crippen LogP contribution in [-0.4, -0.2) is 45.9 Å². The average Bonchev–Trinajstić information content (AvgIpc) is 2.95. The molecule has 0 aliphatic rings. The summed E-state index contributed by atoms with van der Waals surface area (Å²) in [5, 5.41) is 9.73. The van der Waals surface area contributed by atoms with Gasteiger partial charge in [0.1, 0.15) is 34.1 Å². The second-order valence-electron chi connectivity index (χ2n) is 10.4. The zero-order valence-corrected chi connectivity index (χ0v) is 27.0. The van der Waals surface area contributed by atoms with Gasteiger partial charge in [0.25, 0.3) is 0 Å². The number of aryl methyl sites for hydroxylation is 1. The third-order valence-corrected chi connectivity index (χ3v) is 9.06. The number of nitrogens with one attached hydrogen (secondary N) is 1. The van der Waals surface area contributed by atoms with Crippen molar-refractivity contribution in [1.82, 2.24) is 4.72 Å². The Morgan fingerprint density at radius 1 is 0.791 bits per heavy atom. The molecular formula is C32H39NO9S. The number of carbonyl (C=O) groups is 2. The van der Waals surface area contributed by atoms with E-state index in [4.69, 9.17) is 18.9 Å². The summed E-state index contributed by atoms with van der Waals surface area (Å²) in [6.07, 6.45) is -0.584. The molecule has 232 valence electrons. The predicted octanol–water partition coefficient (Wildman–Crippen LogP) is 5.87. The van der Waals surface area contributed by atoms with Gasteiger partial charge in [0, 0.05) is 11.1 Å². The minimum absolute atomic E-state index is 0.00255. The lowest BCUT2D eigenvalue weighted by Gasteiger charge is -2.25. The largest absolute Gasteiger partial charge is 0.495 e. The molecule has 11 heteroatoms. The van der Waals surface area contributed by atoms with Crippen LogP contribution in [-0.2, 0) is 10.0 Å². The van der Waals surface area contributed by atoms with E-state index in [-0.39, 0.29) is 33.3 Å². The van der Waals surface area contributed by atoms with E-state index in [0.717, 1.165) is 5.56 Å². The van der Waals surface area contributed by atoms with E-state index in [1.165, 1.54) is 20.3 Å². The van der Waals surface area contributed by atoms with Gasteiger partial charge in [0.05, 0.1) is 19.1 Å². The lowest BCUT2D eigenvalue weighted by Crippen LogP contribution is -2.39. The number of aromatic carboxylic acids is 1. The van der Waals surface area contributed by atoms with Crippen molar-refractivity contribution in [3.05, 3.63) is 74.3 Å². The van der Waals surface area contributed by atoms with E-state index in [1.807, 2.05) is 13.0 Å². The van der Waals surface area contributed by atoms with Crippen molar-refractivity contribution < 1.29 is 42.1 Å². The van der Waals surface area contributed by atoms with Gasteiger partial charge in [-0.25, -0.2) is 18.0 Å². The van der Waals surface area contributed by atoms with Crippen LogP contribution in [0.1, 0.15) is 73.0 Å². The van der Waals surface area contributed by atoms with E-state index < -0.39 is 28.2 Å². The molecule has 0 saturated carbocycles. The van der Waals surface area contributed by atoms with Gasteiger partial charge in [-0.15, -0.1) is 0 Å². The summed E-state index contributed by atoms with van der Waals surface area (Å²) in [5.41, 5.74) is 3.84. The highest BCUT2D eigenvalue weighted by Crippen LogP contribution is 2.42. The van der Waals surface area contributed by atoms with Crippen LogP contribution in [0, 0.1) is 48.5 Å². The first kappa shape index (κ1) is 33.4. The number of ether oxygens (including phenoxy) is 4. The van der Waals surface area contributed by atoms with Crippen LogP contribution in [0.3, 0.4) is 0 Å². The number of methoxy groups -OCH3 is 2. The maximum atomic E-state index is 13.7. The monoisotopic (exact) mass is 613 g/mol. The molecule has 0 heterocycles. The number of carboxylic acids is 1. The molecule has 0 aliphatic carbocycles.